The molecular formula is C30H38N4O5. The van der Waals surface area contributed by atoms with E-state index in [0.29, 0.717) is 34.4 Å². The molecule has 0 aliphatic carbocycles. The first-order valence-corrected chi connectivity index (χ1v) is 12.7. The van der Waals surface area contributed by atoms with E-state index >= 15 is 0 Å². The molecule has 4 rings (SSSR count). The fourth-order valence-electron chi connectivity index (χ4n) is 4.85. The fourth-order valence-corrected chi connectivity index (χ4v) is 4.85. The fraction of sp³-hybridized carbons (Fsp3) is 0.433. The van der Waals surface area contributed by atoms with Gasteiger partial charge < -0.3 is 19.5 Å². The van der Waals surface area contributed by atoms with Crippen molar-refractivity contribution in [1.29, 1.82) is 0 Å². The molecule has 0 unspecified atom stereocenters. The smallest absolute Gasteiger partial charge is 0.407 e. The molecule has 3 aromatic rings. The summed E-state index contributed by atoms with van der Waals surface area (Å²) in [5.74, 6) is -0.538. The Hall–Kier alpha value is -4.01. The number of nitrogens with one attached hydrogen (secondary N) is 1. The van der Waals surface area contributed by atoms with E-state index in [9.17, 15) is 9.59 Å². The Bertz CT molecular complexity index is 1730. The van der Waals surface area contributed by atoms with E-state index in [1.54, 1.807) is 26.8 Å². The van der Waals surface area contributed by atoms with Crippen LogP contribution >= 0.6 is 0 Å². The van der Waals surface area contributed by atoms with Crippen molar-refractivity contribution in [3.8, 4) is 22.8 Å². The molecule has 1 aromatic heterocycles. The lowest BCUT2D eigenvalue weighted by atomic mass is 9.97. The SMILES string of the molecule is [2H]C([2H])([2H])Oc1cc2c(cc1OC([2H])([2H])[2H])-c1c/c(=N\c3c(C)cc(C)cc3C)n(CCNC(=O)OC(C)(C)C)c(=O)n1CC2. The van der Waals surface area contributed by atoms with Crippen LogP contribution in [0.15, 0.2) is 40.1 Å². The molecule has 39 heavy (non-hydrogen) atoms. The molecule has 0 radical (unpaired) electrons. The highest BCUT2D eigenvalue weighted by Crippen LogP contribution is 2.37. The molecule has 0 fully saturated rings. The minimum absolute atomic E-state index is 0.0888. The standard InChI is InChI=1S/C30H38N4O5/c1-18-13-19(2)27(20(3)14-18)32-26-17-23-22-16-25(38-8)24(37-7)15-21(22)9-11-33(23)29(36)34(26)12-10-31-28(35)39-30(4,5)6/h13-17H,9-12H2,1-8H3,(H,31,35)/b32-26+/i7D3,8D3. The van der Waals surface area contributed by atoms with Gasteiger partial charge in [0.15, 0.2) is 11.5 Å². The van der Waals surface area contributed by atoms with Gasteiger partial charge in [0, 0.05) is 31.3 Å². The van der Waals surface area contributed by atoms with Crippen molar-refractivity contribution in [3.05, 3.63) is 68.6 Å². The quantitative estimate of drug-likeness (QED) is 0.494. The maximum Gasteiger partial charge on any atom is 0.407 e. The summed E-state index contributed by atoms with van der Waals surface area (Å²) in [6.45, 7) is 11.5. The maximum absolute atomic E-state index is 14.0. The zero-order chi connectivity index (χ0) is 33.5. The number of benzene rings is 2. The molecule has 9 heteroatoms. The number of fused-ring (bicyclic) bond motifs is 3. The first-order valence-electron chi connectivity index (χ1n) is 15.7. The molecule has 1 aliphatic heterocycles. The summed E-state index contributed by atoms with van der Waals surface area (Å²) in [7, 11) is -5.74. The average Bonchev–Trinajstić information content (AvgIpc) is 2.85. The molecule has 2 heterocycles. The Balaban J connectivity index is 1.90. The number of ether oxygens (including phenoxy) is 3. The molecule has 208 valence electrons. The van der Waals surface area contributed by atoms with Gasteiger partial charge >= 0.3 is 11.8 Å². The van der Waals surface area contributed by atoms with Crippen molar-refractivity contribution >= 4 is 11.8 Å². The Morgan fingerprint density at radius 1 is 1.05 bits per heavy atom. The normalized spacial score (nSPS) is 15.9. The minimum Gasteiger partial charge on any atom is -0.493 e. The van der Waals surface area contributed by atoms with E-state index in [-0.39, 0.29) is 31.1 Å². The molecule has 0 atom stereocenters. The van der Waals surface area contributed by atoms with Gasteiger partial charge in [0.2, 0.25) is 0 Å². The van der Waals surface area contributed by atoms with Crippen molar-refractivity contribution in [1.82, 2.24) is 14.5 Å². The highest BCUT2D eigenvalue weighted by atomic mass is 16.6. The van der Waals surface area contributed by atoms with E-state index in [1.807, 2.05) is 32.9 Å². The number of carbonyl (C=O) groups is 1. The van der Waals surface area contributed by atoms with Gasteiger partial charge in [-0.05, 0) is 76.8 Å². The van der Waals surface area contributed by atoms with Crippen LogP contribution in [0.4, 0.5) is 10.5 Å². The van der Waals surface area contributed by atoms with Gasteiger partial charge in [-0.1, -0.05) is 17.7 Å². The second-order valence-corrected chi connectivity index (χ2v) is 10.7. The Labute approximate surface area is 237 Å². The number of methoxy groups -OCH3 is 2. The third-order valence-electron chi connectivity index (χ3n) is 6.43. The summed E-state index contributed by atoms with van der Waals surface area (Å²) in [6.07, 6.45) is -0.285. The Kier molecular flexibility index (Phi) is 5.89. The van der Waals surface area contributed by atoms with E-state index in [0.717, 1.165) is 16.7 Å². The van der Waals surface area contributed by atoms with Crippen LogP contribution in [0.1, 0.15) is 51.2 Å². The van der Waals surface area contributed by atoms with Crippen LogP contribution in [-0.2, 0) is 24.2 Å². The third-order valence-corrected chi connectivity index (χ3v) is 6.43. The van der Waals surface area contributed by atoms with Crippen LogP contribution in [0.3, 0.4) is 0 Å². The highest BCUT2D eigenvalue weighted by Gasteiger charge is 2.23. The topological polar surface area (TPSA) is 96.1 Å². The zero-order valence-corrected chi connectivity index (χ0v) is 23.1. The van der Waals surface area contributed by atoms with E-state index < -0.39 is 31.5 Å². The molecule has 0 bridgehead atoms. The molecule has 0 saturated heterocycles. The molecule has 1 amide bonds. The van der Waals surface area contributed by atoms with E-state index in [2.05, 4.69) is 5.32 Å². The minimum atomic E-state index is -2.89. The van der Waals surface area contributed by atoms with Gasteiger partial charge in [0.1, 0.15) is 11.1 Å². The summed E-state index contributed by atoms with van der Waals surface area (Å²) in [6, 6.07) is 8.52. The van der Waals surface area contributed by atoms with Crippen molar-refractivity contribution in [2.45, 2.75) is 66.7 Å². The lowest BCUT2D eigenvalue weighted by Gasteiger charge is -2.25. The van der Waals surface area contributed by atoms with E-state index in [4.69, 9.17) is 27.4 Å². The van der Waals surface area contributed by atoms with Crippen LogP contribution in [0, 0.1) is 20.8 Å². The van der Waals surface area contributed by atoms with Crippen molar-refractivity contribution in [3.63, 3.8) is 0 Å². The Morgan fingerprint density at radius 3 is 2.36 bits per heavy atom. The summed E-state index contributed by atoms with van der Waals surface area (Å²) in [5.41, 5.74) is 4.34. The number of rotatable bonds is 6. The van der Waals surface area contributed by atoms with Crippen molar-refractivity contribution in [2.75, 3.05) is 20.6 Å². The van der Waals surface area contributed by atoms with Crippen molar-refractivity contribution < 1.29 is 27.2 Å². The first-order chi connectivity index (χ1) is 20.7. The van der Waals surface area contributed by atoms with Crippen LogP contribution in [0.5, 0.6) is 11.5 Å². The van der Waals surface area contributed by atoms with Gasteiger partial charge in [0.25, 0.3) is 0 Å². The molecule has 1 N–H and O–H groups in total. The van der Waals surface area contributed by atoms with Crippen LogP contribution < -0.4 is 26.0 Å². The lowest BCUT2D eigenvalue weighted by Crippen LogP contribution is -2.44. The largest absolute Gasteiger partial charge is 0.493 e. The van der Waals surface area contributed by atoms with Crippen molar-refractivity contribution in [2.24, 2.45) is 4.99 Å². The number of hydrogen-bond donors (Lipinski definition) is 1. The van der Waals surface area contributed by atoms with Gasteiger partial charge in [-0.3, -0.25) is 9.13 Å². The predicted molar refractivity (Wildman–Crippen MR) is 151 cm³/mol. The maximum atomic E-state index is 14.0. The number of amides is 1. The summed E-state index contributed by atoms with van der Waals surface area (Å²) in [5, 5.41) is 2.68. The van der Waals surface area contributed by atoms with Crippen LogP contribution in [0.2, 0.25) is 0 Å². The number of alkyl carbamates (subject to hydrolysis) is 1. The highest BCUT2D eigenvalue weighted by molar-refractivity contribution is 5.70. The van der Waals surface area contributed by atoms with Crippen LogP contribution in [0.25, 0.3) is 11.3 Å². The van der Waals surface area contributed by atoms with Gasteiger partial charge in [0.05, 0.1) is 33.7 Å². The number of nitrogens with zero attached hydrogens (tertiary/aromatic N) is 3. The monoisotopic (exact) mass is 540 g/mol. The van der Waals surface area contributed by atoms with Gasteiger partial charge in [-0.2, -0.15) is 0 Å². The molecular weight excluding hydrogens is 496 g/mol. The summed E-state index contributed by atoms with van der Waals surface area (Å²) < 4.78 is 64.0. The first kappa shape index (κ1) is 20.9. The summed E-state index contributed by atoms with van der Waals surface area (Å²) in [4.78, 5) is 31.2. The average molecular weight is 541 g/mol. The molecule has 9 nitrogen and oxygen atoms in total. The molecule has 0 saturated carbocycles. The number of aryl methyl sites for hydroxylation is 4. The lowest BCUT2D eigenvalue weighted by molar-refractivity contribution is 0.0525. The number of hydrogen-bond acceptors (Lipinski definition) is 6. The second-order valence-electron chi connectivity index (χ2n) is 10.7. The van der Waals surface area contributed by atoms with Gasteiger partial charge in [-0.15, -0.1) is 0 Å². The van der Waals surface area contributed by atoms with Crippen LogP contribution in [-0.4, -0.2) is 41.4 Å². The van der Waals surface area contributed by atoms with Gasteiger partial charge in [-0.25, -0.2) is 14.6 Å². The third kappa shape index (κ3) is 6.02. The zero-order valence-electron chi connectivity index (χ0n) is 29.1. The number of carbonyl (C=O) groups excluding carboxylic acids is 1. The Morgan fingerprint density at radius 2 is 1.72 bits per heavy atom. The summed E-state index contributed by atoms with van der Waals surface area (Å²) >= 11 is 0. The molecule has 2 aromatic carbocycles. The molecule has 1 aliphatic rings. The molecule has 0 spiro atoms. The van der Waals surface area contributed by atoms with E-state index in [1.165, 1.54) is 21.3 Å². The predicted octanol–water partition coefficient (Wildman–Crippen LogP) is 4.57. The second kappa shape index (κ2) is 11.0. The number of aromatic nitrogens is 2.